The second-order valence-corrected chi connectivity index (χ2v) is 9.15. The third-order valence-electron chi connectivity index (χ3n) is 8.52. The fourth-order valence-corrected chi connectivity index (χ4v) is 7.27. The number of Topliss-reactive ketones (excluding diaryl/α,β-unsaturated/α-hetero) is 1. The van der Waals surface area contributed by atoms with Crippen LogP contribution in [0.25, 0.3) is 0 Å². The molecule has 0 spiro atoms. The van der Waals surface area contributed by atoms with Gasteiger partial charge in [-0.1, -0.05) is 12.5 Å². The SMILES string of the molecule is C[C@]12CCC(=O)C=C1CC[C@H]1[C@@H]3CC[C@H](C(=O)CO)[C@@]3(CO)CC[C@@H]12. The lowest BCUT2D eigenvalue weighted by molar-refractivity contribution is -0.138. The molecule has 3 saturated carbocycles. The Morgan fingerprint density at radius 2 is 1.92 bits per heavy atom. The van der Waals surface area contributed by atoms with Crippen molar-refractivity contribution in [3.63, 3.8) is 0 Å². The molecule has 4 rings (SSSR count). The third-order valence-corrected chi connectivity index (χ3v) is 8.52. The van der Waals surface area contributed by atoms with Gasteiger partial charge in [-0.15, -0.1) is 0 Å². The van der Waals surface area contributed by atoms with Crippen LogP contribution >= 0.6 is 0 Å². The highest BCUT2D eigenvalue weighted by Gasteiger charge is 2.61. The van der Waals surface area contributed by atoms with Crippen LogP contribution in [0.4, 0.5) is 0 Å². The van der Waals surface area contributed by atoms with Crippen LogP contribution in [0.5, 0.6) is 0 Å². The van der Waals surface area contributed by atoms with E-state index in [4.69, 9.17) is 0 Å². The fraction of sp³-hybridized carbons (Fsp3) is 0.810. The van der Waals surface area contributed by atoms with Gasteiger partial charge in [-0.3, -0.25) is 9.59 Å². The van der Waals surface area contributed by atoms with Gasteiger partial charge in [-0.25, -0.2) is 0 Å². The number of hydrogen-bond donors (Lipinski definition) is 2. The highest BCUT2D eigenvalue weighted by molar-refractivity contribution is 5.91. The van der Waals surface area contributed by atoms with Crippen molar-refractivity contribution in [3.05, 3.63) is 11.6 Å². The fourth-order valence-electron chi connectivity index (χ4n) is 7.27. The van der Waals surface area contributed by atoms with Crippen LogP contribution in [-0.2, 0) is 9.59 Å². The topological polar surface area (TPSA) is 74.6 Å². The van der Waals surface area contributed by atoms with Gasteiger partial charge in [0.05, 0.1) is 0 Å². The monoisotopic (exact) mass is 346 g/mol. The summed E-state index contributed by atoms with van der Waals surface area (Å²) in [7, 11) is 0. The summed E-state index contributed by atoms with van der Waals surface area (Å²) >= 11 is 0. The predicted octanol–water partition coefficient (Wildman–Crippen LogP) is 2.67. The largest absolute Gasteiger partial charge is 0.396 e. The van der Waals surface area contributed by atoms with Gasteiger partial charge in [0.25, 0.3) is 0 Å². The van der Waals surface area contributed by atoms with E-state index in [9.17, 15) is 19.8 Å². The number of ketones is 2. The Kier molecular flexibility index (Phi) is 4.19. The lowest BCUT2D eigenvalue weighted by atomic mass is 9.46. The summed E-state index contributed by atoms with van der Waals surface area (Å²) in [6.45, 7) is 2.01. The van der Waals surface area contributed by atoms with E-state index in [1.165, 1.54) is 5.57 Å². The van der Waals surface area contributed by atoms with E-state index in [2.05, 4.69) is 6.92 Å². The second kappa shape index (κ2) is 6.02. The standard InChI is InChI=1S/C21H30O4/c1-20-8-6-14(24)10-13(20)2-3-15-16(20)7-9-21(12-23)17(15)4-5-18(21)19(25)11-22/h10,15-18,22-23H,2-9,11-12H2,1H3/t15-,16+,17+,18-,20+,21-/m1/s1. The highest BCUT2D eigenvalue weighted by atomic mass is 16.3. The molecule has 0 amide bonds. The minimum Gasteiger partial charge on any atom is -0.396 e. The molecule has 0 aromatic rings. The minimum atomic E-state index is -0.403. The number of carbonyl (C=O) groups is 2. The summed E-state index contributed by atoms with van der Waals surface area (Å²) in [6, 6.07) is 0. The lowest BCUT2D eigenvalue weighted by Crippen LogP contribution is -2.53. The van der Waals surface area contributed by atoms with Crippen LogP contribution < -0.4 is 0 Å². The molecule has 6 atom stereocenters. The summed E-state index contributed by atoms with van der Waals surface area (Å²) in [5.41, 5.74) is 1.16. The van der Waals surface area contributed by atoms with Crippen molar-refractivity contribution < 1.29 is 19.8 Å². The van der Waals surface area contributed by atoms with E-state index < -0.39 is 6.61 Å². The van der Waals surface area contributed by atoms with Crippen LogP contribution in [0.2, 0.25) is 0 Å². The van der Waals surface area contributed by atoms with E-state index >= 15 is 0 Å². The second-order valence-electron chi connectivity index (χ2n) is 9.15. The Labute approximate surface area is 149 Å². The zero-order valence-corrected chi connectivity index (χ0v) is 15.2. The summed E-state index contributed by atoms with van der Waals surface area (Å²) in [6.07, 6.45) is 9.30. The molecule has 4 aliphatic carbocycles. The number of hydrogen-bond acceptors (Lipinski definition) is 4. The minimum absolute atomic E-state index is 0.0647. The highest BCUT2D eigenvalue weighted by Crippen LogP contribution is 2.66. The van der Waals surface area contributed by atoms with Crippen molar-refractivity contribution in [1.29, 1.82) is 0 Å². The average molecular weight is 346 g/mol. The molecule has 4 nitrogen and oxygen atoms in total. The summed E-state index contributed by atoms with van der Waals surface area (Å²) in [5.74, 6) is 1.50. The smallest absolute Gasteiger partial charge is 0.161 e. The van der Waals surface area contributed by atoms with Crippen LogP contribution in [0.3, 0.4) is 0 Å². The van der Waals surface area contributed by atoms with Gasteiger partial charge >= 0.3 is 0 Å². The summed E-state index contributed by atoms with van der Waals surface area (Å²) in [5, 5.41) is 19.7. The first-order chi connectivity index (χ1) is 12.0. The number of rotatable bonds is 3. The van der Waals surface area contributed by atoms with E-state index in [0.29, 0.717) is 24.2 Å². The van der Waals surface area contributed by atoms with Gasteiger partial charge in [0, 0.05) is 24.4 Å². The van der Waals surface area contributed by atoms with Crippen molar-refractivity contribution >= 4 is 11.6 Å². The van der Waals surface area contributed by atoms with Crippen molar-refractivity contribution in [2.24, 2.45) is 34.5 Å². The first kappa shape index (κ1) is 17.4. The van der Waals surface area contributed by atoms with Crippen molar-refractivity contribution in [2.45, 2.75) is 58.3 Å². The molecule has 0 saturated heterocycles. The molecular weight excluding hydrogens is 316 g/mol. The van der Waals surface area contributed by atoms with Crippen LogP contribution in [-0.4, -0.2) is 35.0 Å². The number of fused-ring (bicyclic) bond motifs is 5. The first-order valence-electron chi connectivity index (χ1n) is 9.94. The van der Waals surface area contributed by atoms with Crippen LogP contribution in [0, 0.1) is 34.5 Å². The van der Waals surface area contributed by atoms with Gasteiger partial charge in [0.1, 0.15) is 6.61 Å². The molecule has 2 N–H and O–H groups in total. The van der Waals surface area contributed by atoms with Crippen molar-refractivity contribution in [3.8, 4) is 0 Å². The number of aliphatic hydroxyl groups excluding tert-OH is 2. The molecule has 0 aromatic heterocycles. The van der Waals surface area contributed by atoms with Gasteiger partial charge in [-0.2, -0.15) is 0 Å². The maximum absolute atomic E-state index is 12.3. The van der Waals surface area contributed by atoms with Gasteiger partial charge in [0.15, 0.2) is 11.6 Å². The Morgan fingerprint density at radius 3 is 2.64 bits per heavy atom. The maximum Gasteiger partial charge on any atom is 0.161 e. The average Bonchev–Trinajstić information content (AvgIpc) is 3.01. The molecular formula is C21H30O4. The number of aliphatic hydroxyl groups is 2. The summed E-state index contributed by atoms with van der Waals surface area (Å²) < 4.78 is 0. The first-order valence-corrected chi connectivity index (χ1v) is 9.94. The van der Waals surface area contributed by atoms with E-state index in [1.54, 1.807) is 0 Å². The lowest BCUT2D eigenvalue weighted by Gasteiger charge is -2.58. The Hall–Kier alpha value is -1.00. The van der Waals surface area contributed by atoms with Crippen molar-refractivity contribution in [1.82, 2.24) is 0 Å². The van der Waals surface area contributed by atoms with Gasteiger partial charge in [-0.05, 0) is 74.2 Å². The Morgan fingerprint density at radius 1 is 1.12 bits per heavy atom. The Bertz CT molecular complexity index is 623. The maximum atomic E-state index is 12.3. The molecule has 0 heterocycles. The van der Waals surface area contributed by atoms with Crippen LogP contribution in [0.1, 0.15) is 58.3 Å². The van der Waals surface area contributed by atoms with Gasteiger partial charge < -0.3 is 10.2 Å². The summed E-state index contributed by atoms with van der Waals surface area (Å²) in [4.78, 5) is 24.2. The van der Waals surface area contributed by atoms with E-state index in [1.807, 2.05) is 6.08 Å². The van der Waals surface area contributed by atoms with Crippen LogP contribution in [0.15, 0.2) is 11.6 Å². The molecule has 4 aliphatic rings. The molecule has 0 aliphatic heterocycles. The quantitative estimate of drug-likeness (QED) is 0.824. The predicted molar refractivity (Wildman–Crippen MR) is 93.7 cm³/mol. The molecule has 3 fully saturated rings. The molecule has 138 valence electrons. The zero-order chi connectivity index (χ0) is 17.8. The zero-order valence-electron chi connectivity index (χ0n) is 15.2. The molecule has 0 radical (unpaired) electrons. The molecule has 4 heteroatoms. The molecule has 0 bridgehead atoms. The number of carbonyl (C=O) groups excluding carboxylic acids is 2. The Balaban J connectivity index is 1.67. The van der Waals surface area contributed by atoms with E-state index in [-0.39, 0.29) is 34.9 Å². The normalized spacial score (nSPS) is 46.0. The third kappa shape index (κ3) is 2.33. The van der Waals surface area contributed by atoms with E-state index in [0.717, 1.165) is 44.9 Å². The van der Waals surface area contributed by atoms with Gasteiger partial charge in [0.2, 0.25) is 0 Å². The molecule has 0 aromatic carbocycles. The number of allylic oxidation sites excluding steroid dienone is 1. The molecule has 0 unspecified atom stereocenters. The van der Waals surface area contributed by atoms with Crippen molar-refractivity contribution in [2.75, 3.05) is 13.2 Å². The molecule has 25 heavy (non-hydrogen) atoms.